The van der Waals surface area contributed by atoms with Crippen LogP contribution in [0, 0.1) is 0 Å². The van der Waals surface area contributed by atoms with E-state index in [0.717, 1.165) is 38.4 Å². The number of hydrogen-bond acceptors (Lipinski definition) is 8. The van der Waals surface area contributed by atoms with Crippen LogP contribution in [0.3, 0.4) is 0 Å². The summed E-state index contributed by atoms with van der Waals surface area (Å²) in [5.74, 6) is -1.63. The minimum absolute atomic E-state index is 0.0525. The Kier molecular flexibility index (Phi) is 7.38. The quantitative estimate of drug-likeness (QED) is 0.490. The zero-order valence-electron chi connectivity index (χ0n) is 15.1. The van der Waals surface area contributed by atoms with Gasteiger partial charge in [-0.3, -0.25) is 0 Å². The highest BCUT2D eigenvalue weighted by molar-refractivity contribution is 7.90. The molecular weight excluding hydrogens is 394 g/mol. The molecule has 0 bridgehead atoms. The molecule has 1 atom stereocenters. The number of esters is 1. The van der Waals surface area contributed by atoms with E-state index in [0.29, 0.717) is 0 Å². The van der Waals surface area contributed by atoms with E-state index in [2.05, 4.69) is 5.32 Å². The molecule has 27 heavy (non-hydrogen) atoms. The van der Waals surface area contributed by atoms with Crippen molar-refractivity contribution < 1.29 is 30.9 Å². The van der Waals surface area contributed by atoms with Gasteiger partial charge in [0.1, 0.15) is 6.10 Å². The van der Waals surface area contributed by atoms with E-state index in [-0.39, 0.29) is 23.0 Å². The van der Waals surface area contributed by atoms with Gasteiger partial charge in [-0.1, -0.05) is 19.3 Å². The molecule has 1 aromatic rings. The van der Waals surface area contributed by atoms with Crippen molar-refractivity contribution in [2.45, 2.75) is 49.1 Å². The molecule has 8 nitrogen and oxygen atoms in total. The third-order valence-corrected chi connectivity index (χ3v) is 6.33. The number of ether oxygens (including phenoxy) is 1. The second kappa shape index (κ2) is 9.13. The number of nitrogens with one attached hydrogen (secondary N) is 1. The number of carbonyl (C=O) groups is 1. The molecule has 1 fully saturated rings. The van der Waals surface area contributed by atoms with E-state index < -0.39 is 37.8 Å². The third-order valence-electron chi connectivity index (χ3n) is 4.42. The van der Waals surface area contributed by atoms with Crippen LogP contribution in [0.5, 0.6) is 0 Å². The van der Waals surface area contributed by atoms with Crippen molar-refractivity contribution in [1.29, 1.82) is 0 Å². The van der Waals surface area contributed by atoms with Crippen molar-refractivity contribution in [1.82, 2.24) is 5.32 Å². The van der Waals surface area contributed by atoms with Crippen LogP contribution >= 0.6 is 0 Å². The fourth-order valence-corrected chi connectivity index (χ4v) is 4.30. The minimum atomic E-state index is -4.58. The summed E-state index contributed by atoms with van der Waals surface area (Å²) in [7, 11) is -7.97. The van der Waals surface area contributed by atoms with Gasteiger partial charge in [0.25, 0.3) is 0 Å². The first-order valence-electron chi connectivity index (χ1n) is 8.72. The SMILES string of the molecule is CS(=O)(=O)c1ccc(C(=O)OC(CNC2CCCCC2)CS(=O)(=O)[O-])cc1. The largest absolute Gasteiger partial charge is 0.748 e. The van der Waals surface area contributed by atoms with Gasteiger partial charge in [-0.2, -0.15) is 0 Å². The van der Waals surface area contributed by atoms with Gasteiger partial charge >= 0.3 is 5.97 Å². The van der Waals surface area contributed by atoms with Crippen LogP contribution in [0.1, 0.15) is 42.5 Å². The average molecular weight is 419 g/mol. The number of sulfone groups is 1. The maximum atomic E-state index is 12.3. The van der Waals surface area contributed by atoms with Crippen molar-refractivity contribution in [3.63, 3.8) is 0 Å². The highest BCUT2D eigenvalue weighted by Gasteiger charge is 2.21. The molecule has 1 aromatic carbocycles. The Morgan fingerprint density at radius 1 is 1.15 bits per heavy atom. The fourth-order valence-electron chi connectivity index (χ4n) is 3.02. The van der Waals surface area contributed by atoms with Crippen molar-refractivity contribution in [3.8, 4) is 0 Å². The van der Waals surface area contributed by atoms with Crippen LogP contribution in [0.2, 0.25) is 0 Å². The van der Waals surface area contributed by atoms with E-state index in [9.17, 15) is 26.2 Å². The van der Waals surface area contributed by atoms with Crippen molar-refractivity contribution in [2.75, 3.05) is 18.6 Å². The molecule has 0 aromatic heterocycles. The summed E-state index contributed by atoms with van der Waals surface area (Å²) in [6.07, 6.45) is 5.16. The summed E-state index contributed by atoms with van der Waals surface area (Å²) in [5, 5.41) is 3.17. The van der Waals surface area contributed by atoms with Crippen LogP contribution in [-0.4, -0.2) is 58.1 Å². The molecule has 0 saturated heterocycles. The zero-order chi connectivity index (χ0) is 20.1. The molecule has 2 rings (SSSR count). The van der Waals surface area contributed by atoms with Crippen LogP contribution < -0.4 is 5.32 Å². The Labute approximate surface area is 160 Å². The predicted octanol–water partition coefficient (Wildman–Crippen LogP) is 1.08. The lowest BCUT2D eigenvalue weighted by atomic mass is 9.95. The average Bonchev–Trinajstić information content (AvgIpc) is 2.58. The summed E-state index contributed by atoms with van der Waals surface area (Å²) < 4.78 is 61.5. The Bertz CT molecular complexity index is 842. The number of carbonyl (C=O) groups excluding carboxylic acids is 1. The molecule has 1 unspecified atom stereocenters. The van der Waals surface area contributed by atoms with Gasteiger partial charge in [-0.15, -0.1) is 0 Å². The molecule has 1 saturated carbocycles. The van der Waals surface area contributed by atoms with Gasteiger partial charge in [-0.05, 0) is 37.1 Å². The minimum Gasteiger partial charge on any atom is -0.748 e. The summed E-state index contributed by atoms with van der Waals surface area (Å²) in [4.78, 5) is 12.3. The molecule has 0 aliphatic heterocycles. The smallest absolute Gasteiger partial charge is 0.338 e. The molecular formula is C17H24NO7S2-. The van der Waals surface area contributed by atoms with E-state index in [1.165, 1.54) is 24.3 Å². The van der Waals surface area contributed by atoms with E-state index in [1.54, 1.807) is 0 Å². The van der Waals surface area contributed by atoms with Crippen LogP contribution in [0.25, 0.3) is 0 Å². The fraction of sp³-hybridized carbons (Fsp3) is 0.588. The molecule has 1 aliphatic carbocycles. The molecule has 0 radical (unpaired) electrons. The van der Waals surface area contributed by atoms with Gasteiger partial charge in [0.05, 0.1) is 26.3 Å². The van der Waals surface area contributed by atoms with Crippen LogP contribution in [-0.2, 0) is 24.7 Å². The normalized spacial score (nSPS) is 17.4. The van der Waals surface area contributed by atoms with E-state index in [4.69, 9.17) is 4.74 Å². The topological polar surface area (TPSA) is 130 Å². The molecule has 152 valence electrons. The summed E-state index contributed by atoms with van der Waals surface area (Å²) in [6.45, 7) is 0.0687. The molecule has 1 N–H and O–H groups in total. The first-order valence-corrected chi connectivity index (χ1v) is 12.2. The second-order valence-corrected chi connectivity index (χ2v) is 10.3. The summed E-state index contributed by atoms with van der Waals surface area (Å²) in [6, 6.07) is 5.33. The van der Waals surface area contributed by atoms with E-state index >= 15 is 0 Å². The molecule has 0 spiro atoms. The lowest BCUT2D eigenvalue weighted by molar-refractivity contribution is 0.0338. The monoisotopic (exact) mass is 418 g/mol. The Morgan fingerprint density at radius 2 is 1.74 bits per heavy atom. The van der Waals surface area contributed by atoms with Crippen molar-refractivity contribution in [2.24, 2.45) is 0 Å². The summed E-state index contributed by atoms with van der Waals surface area (Å²) in [5.41, 5.74) is 0.0772. The number of rotatable bonds is 8. The second-order valence-electron chi connectivity index (χ2n) is 6.79. The van der Waals surface area contributed by atoms with Crippen LogP contribution in [0.15, 0.2) is 29.2 Å². The van der Waals surface area contributed by atoms with Crippen LogP contribution in [0.4, 0.5) is 0 Å². The Hall–Kier alpha value is -1.49. The first kappa shape index (κ1) is 21.8. The molecule has 0 heterocycles. The maximum Gasteiger partial charge on any atom is 0.338 e. The molecule has 0 amide bonds. The van der Waals surface area contributed by atoms with Gasteiger partial charge in [-0.25, -0.2) is 21.6 Å². The third kappa shape index (κ3) is 7.57. The Morgan fingerprint density at radius 3 is 2.26 bits per heavy atom. The number of hydrogen-bond donors (Lipinski definition) is 1. The maximum absolute atomic E-state index is 12.3. The lowest BCUT2D eigenvalue weighted by Crippen LogP contribution is -2.41. The van der Waals surface area contributed by atoms with Gasteiger partial charge < -0.3 is 14.6 Å². The van der Waals surface area contributed by atoms with Crippen molar-refractivity contribution >= 4 is 25.9 Å². The number of benzene rings is 1. The van der Waals surface area contributed by atoms with Crippen molar-refractivity contribution in [3.05, 3.63) is 29.8 Å². The molecule has 10 heteroatoms. The summed E-state index contributed by atoms with van der Waals surface area (Å²) >= 11 is 0. The standard InChI is InChI=1S/C17H25NO7S2/c1-26(20,21)16-9-7-13(8-10-16)17(19)25-15(12-27(22,23)24)11-18-14-5-3-2-4-6-14/h7-10,14-15,18H,2-6,11-12H2,1H3,(H,22,23,24)/p-1. The molecule has 1 aliphatic rings. The zero-order valence-corrected chi connectivity index (χ0v) is 16.7. The Balaban J connectivity index is 2.03. The van der Waals surface area contributed by atoms with Gasteiger partial charge in [0.15, 0.2) is 9.84 Å². The van der Waals surface area contributed by atoms with E-state index in [1.807, 2.05) is 0 Å². The predicted molar refractivity (Wildman–Crippen MR) is 98.2 cm³/mol. The highest BCUT2D eigenvalue weighted by Crippen LogP contribution is 2.18. The first-order chi connectivity index (χ1) is 12.5. The van der Waals surface area contributed by atoms with Gasteiger partial charge in [0, 0.05) is 18.8 Å². The lowest BCUT2D eigenvalue weighted by Gasteiger charge is -2.26. The van der Waals surface area contributed by atoms with Gasteiger partial charge in [0.2, 0.25) is 0 Å². The highest BCUT2D eigenvalue weighted by atomic mass is 32.2.